The van der Waals surface area contributed by atoms with Gasteiger partial charge in [-0.15, -0.1) is 0 Å². The molecular weight excluding hydrogens is 362 g/mol. The number of nitrogens with zero attached hydrogens (tertiary/aromatic N) is 4. The van der Waals surface area contributed by atoms with Crippen LogP contribution < -0.4 is 5.32 Å². The third kappa shape index (κ3) is 5.44. The van der Waals surface area contributed by atoms with Crippen LogP contribution in [0.15, 0.2) is 53.7 Å². The molecular formula is C20H24ClN5O. The number of benzene rings is 1. The maximum absolute atomic E-state index is 12.5. The summed E-state index contributed by atoms with van der Waals surface area (Å²) in [5, 5.41) is 4.00. The number of carbonyl (C=O) groups excluding carboxylic acids is 1. The number of rotatable bonds is 4. The van der Waals surface area contributed by atoms with E-state index in [4.69, 9.17) is 11.6 Å². The predicted octanol–water partition coefficient (Wildman–Crippen LogP) is 2.20. The summed E-state index contributed by atoms with van der Waals surface area (Å²) in [6.45, 7) is 3.50. The van der Waals surface area contributed by atoms with Crippen molar-refractivity contribution in [1.82, 2.24) is 20.1 Å². The third-order valence-electron chi connectivity index (χ3n) is 4.54. The molecule has 0 atom stereocenters. The summed E-state index contributed by atoms with van der Waals surface area (Å²) >= 11 is 6.00. The van der Waals surface area contributed by atoms with Gasteiger partial charge in [0.05, 0.1) is 18.7 Å². The van der Waals surface area contributed by atoms with Crippen molar-refractivity contribution in [2.24, 2.45) is 4.99 Å². The number of halogens is 1. The highest BCUT2D eigenvalue weighted by Crippen LogP contribution is 2.13. The summed E-state index contributed by atoms with van der Waals surface area (Å²) in [6, 6.07) is 13.3. The van der Waals surface area contributed by atoms with Crippen LogP contribution in [0.2, 0.25) is 5.02 Å². The molecule has 1 fully saturated rings. The lowest BCUT2D eigenvalue weighted by molar-refractivity contribution is -0.131. The van der Waals surface area contributed by atoms with Gasteiger partial charge in [-0.1, -0.05) is 29.8 Å². The SMILES string of the molecule is CN=C(NCc1ccccn1)N1CCN(C(=O)Cc2cccc(Cl)c2)CC1. The van der Waals surface area contributed by atoms with Gasteiger partial charge in [0.25, 0.3) is 0 Å². The zero-order valence-corrected chi connectivity index (χ0v) is 16.2. The van der Waals surface area contributed by atoms with E-state index in [0.717, 1.165) is 30.3 Å². The van der Waals surface area contributed by atoms with Gasteiger partial charge in [0.2, 0.25) is 5.91 Å². The van der Waals surface area contributed by atoms with Crippen LogP contribution in [0.4, 0.5) is 0 Å². The minimum absolute atomic E-state index is 0.133. The molecule has 1 aromatic heterocycles. The molecule has 1 aliphatic heterocycles. The second-order valence-electron chi connectivity index (χ2n) is 6.40. The standard InChI is InChI=1S/C20H24ClN5O/c1-22-20(24-15-18-7-2-3-8-23-18)26-11-9-25(10-12-26)19(27)14-16-5-4-6-17(21)13-16/h2-8,13H,9-12,14-15H2,1H3,(H,22,24). The number of hydrogen-bond acceptors (Lipinski definition) is 3. The van der Waals surface area contributed by atoms with Crippen LogP contribution in [-0.2, 0) is 17.8 Å². The number of piperazine rings is 1. The summed E-state index contributed by atoms with van der Waals surface area (Å²) in [6.07, 6.45) is 2.16. The largest absolute Gasteiger partial charge is 0.351 e. The molecule has 0 radical (unpaired) electrons. The summed E-state index contributed by atoms with van der Waals surface area (Å²) in [5.41, 5.74) is 1.91. The minimum Gasteiger partial charge on any atom is -0.351 e. The molecule has 142 valence electrons. The summed E-state index contributed by atoms with van der Waals surface area (Å²) in [7, 11) is 1.78. The van der Waals surface area contributed by atoms with E-state index in [0.29, 0.717) is 31.1 Å². The van der Waals surface area contributed by atoms with E-state index in [1.807, 2.05) is 47.4 Å². The fourth-order valence-corrected chi connectivity index (χ4v) is 3.32. The molecule has 0 aliphatic carbocycles. The second-order valence-corrected chi connectivity index (χ2v) is 6.83. The molecule has 6 nitrogen and oxygen atoms in total. The van der Waals surface area contributed by atoms with E-state index in [-0.39, 0.29) is 5.91 Å². The van der Waals surface area contributed by atoms with Crippen molar-refractivity contribution in [2.75, 3.05) is 33.2 Å². The second kappa shape index (κ2) is 9.37. The van der Waals surface area contributed by atoms with Gasteiger partial charge in [0.15, 0.2) is 5.96 Å². The number of guanidine groups is 1. The smallest absolute Gasteiger partial charge is 0.227 e. The quantitative estimate of drug-likeness (QED) is 0.647. The Morgan fingerprint density at radius 3 is 2.59 bits per heavy atom. The molecule has 0 unspecified atom stereocenters. The fraction of sp³-hybridized carbons (Fsp3) is 0.350. The topological polar surface area (TPSA) is 60.8 Å². The highest BCUT2D eigenvalue weighted by atomic mass is 35.5. The molecule has 0 bridgehead atoms. The molecule has 1 aromatic carbocycles. The summed E-state index contributed by atoms with van der Waals surface area (Å²) in [5.74, 6) is 0.968. The van der Waals surface area contributed by atoms with Gasteiger partial charge in [-0.3, -0.25) is 14.8 Å². The lowest BCUT2D eigenvalue weighted by atomic mass is 10.1. The van der Waals surface area contributed by atoms with Crippen molar-refractivity contribution >= 4 is 23.5 Å². The number of carbonyl (C=O) groups is 1. The monoisotopic (exact) mass is 385 g/mol. The number of aliphatic imine (C=N–C) groups is 1. The molecule has 0 spiro atoms. The van der Waals surface area contributed by atoms with E-state index in [2.05, 4.69) is 20.2 Å². The van der Waals surface area contributed by atoms with Gasteiger partial charge in [-0.05, 0) is 29.8 Å². The summed E-state index contributed by atoms with van der Waals surface area (Å²) < 4.78 is 0. The first kappa shape index (κ1) is 19.2. The van der Waals surface area contributed by atoms with Crippen LogP contribution in [0.3, 0.4) is 0 Å². The number of hydrogen-bond donors (Lipinski definition) is 1. The van der Waals surface area contributed by atoms with E-state index in [1.54, 1.807) is 13.2 Å². The Morgan fingerprint density at radius 1 is 1.15 bits per heavy atom. The predicted molar refractivity (Wildman–Crippen MR) is 108 cm³/mol. The lowest BCUT2D eigenvalue weighted by Crippen LogP contribution is -2.53. The van der Waals surface area contributed by atoms with Gasteiger partial charge in [0, 0.05) is 44.4 Å². The maximum Gasteiger partial charge on any atom is 0.227 e. The Kier molecular flexibility index (Phi) is 6.65. The molecule has 1 N–H and O–H groups in total. The first-order valence-electron chi connectivity index (χ1n) is 9.03. The molecule has 2 heterocycles. The first-order valence-corrected chi connectivity index (χ1v) is 9.41. The normalized spacial score (nSPS) is 15.0. The van der Waals surface area contributed by atoms with Crippen molar-refractivity contribution in [3.8, 4) is 0 Å². The molecule has 1 amide bonds. The lowest BCUT2D eigenvalue weighted by Gasteiger charge is -2.36. The van der Waals surface area contributed by atoms with Crippen LogP contribution in [-0.4, -0.2) is 59.9 Å². The van der Waals surface area contributed by atoms with Gasteiger partial charge < -0.3 is 15.1 Å². The highest BCUT2D eigenvalue weighted by Gasteiger charge is 2.23. The van der Waals surface area contributed by atoms with Crippen LogP contribution in [0, 0.1) is 0 Å². The van der Waals surface area contributed by atoms with Gasteiger partial charge in [0.1, 0.15) is 0 Å². The molecule has 3 rings (SSSR count). The zero-order valence-electron chi connectivity index (χ0n) is 15.4. The number of pyridine rings is 1. The Balaban J connectivity index is 1.49. The molecule has 27 heavy (non-hydrogen) atoms. The Hall–Kier alpha value is -2.60. The molecule has 7 heteroatoms. The number of nitrogens with one attached hydrogen (secondary N) is 1. The van der Waals surface area contributed by atoms with Gasteiger partial charge in [-0.25, -0.2) is 0 Å². The molecule has 1 saturated heterocycles. The van der Waals surface area contributed by atoms with Crippen molar-refractivity contribution in [3.05, 3.63) is 64.9 Å². The van der Waals surface area contributed by atoms with E-state index in [9.17, 15) is 4.79 Å². The first-order chi connectivity index (χ1) is 13.2. The molecule has 2 aromatic rings. The average Bonchev–Trinajstić information content (AvgIpc) is 2.70. The Labute approximate surface area is 164 Å². The maximum atomic E-state index is 12.5. The van der Waals surface area contributed by atoms with Gasteiger partial charge in [-0.2, -0.15) is 0 Å². The van der Waals surface area contributed by atoms with Crippen molar-refractivity contribution in [1.29, 1.82) is 0 Å². The number of amides is 1. The van der Waals surface area contributed by atoms with Crippen molar-refractivity contribution in [2.45, 2.75) is 13.0 Å². The molecule has 1 aliphatic rings. The van der Waals surface area contributed by atoms with Crippen LogP contribution in [0.5, 0.6) is 0 Å². The molecule has 0 saturated carbocycles. The van der Waals surface area contributed by atoms with Gasteiger partial charge >= 0.3 is 0 Å². The van der Waals surface area contributed by atoms with Crippen LogP contribution >= 0.6 is 11.6 Å². The highest BCUT2D eigenvalue weighted by molar-refractivity contribution is 6.30. The zero-order chi connectivity index (χ0) is 19.1. The van der Waals surface area contributed by atoms with Crippen LogP contribution in [0.1, 0.15) is 11.3 Å². The van der Waals surface area contributed by atoms with E-state index < -0.39 is 0 Å². The van der Waals surface area contributed by atoms with Crippen molar-refractivity contribution < 1.29 is 4.79 Å². The van der Waals surface area contributed by atoms with E-state index in [1.165, 1.54) is 0 Å². The van der Waals surface area contributed by atoms with Crippen molar-refractivity contribution in [3.63, 3.8) is 0 Å². The third-order valence-corrected chi connectivity index (χ3v) is 4.78. The van der Waals surface area contributed by atoms with Crippen LogP contribution in [0.25, 0.3) is 0 Å². The minimum atomic E-state index is 0.133. The Morgan fingerprint density at radius 2 is 1.93 bits per heavy atom. The van der Waals surface area contributed by atoms with E-state index >= 15 is 0 Å². The average molecular weight is 386 g/mol. The fourth-order valence-electron chi connectivity index (χ4n) is 3.11. The summed E-state index contributed by atoms with van der Waals surface area (Å²) in [4.78, 5) is 25.3. The number of aromatic nitrogens is 1. The Bertz CT molecular complexity index is 788.